The largest absolute Gasteiger partial charge is 0.344 e. The first-order chi connectivity index (χ1) is 14.8. The van der Waals surface area contributed by atoms with Crippen LogP contribution >= 0.6 is 11.8 Å². The van der Waals surface area contributed by atoms with Crippen molar-refractivity contribution in [3.05, 3.63) is 82.1 Å². The maximum absolute atomic E-state index is 12.3. The zero-order valence-electron chi connectivity index (χ0n) is 18.0. The fourth-order valence-corrected chi connectivity index (χ4v) is 4.15. The molecule has 4 rings (SSSR count). The van der Waals surface area contributed by atoms with Crippen molar-refractivity contribution in [2.45, 2.75) is 50.1 Å². The fourth-order valence-electron chi connectivity index (χ4n) is 3.29. The molecule has 0 saturated heterocycles. The highest BCUT2D eigenvalue weighted by molar-refractivity contribution is 7.98. The molecule has 0 unspecified atom stereocenters. The third-order valence-corrected chi connectivity index (χ3v) is 6.08. The van der Waals surface area contributed by atoms with E-state index >= 15 is 0 Å². The number of hydrogen-bond acceptors (Lipinski definition) is 6. The third-order valence-electron chi connectivity index (χ3n) is 5.14. The summed E-state index contributed by atoms with van der Waals surface area (Å²) < 4.78 is 7.06. The van der Waals surface area contributed by atoms with Crippen LogP contribution in [0.15, 0.2) is 69.1 Å². The van der Waals surface area contributed by atoms with E-state index in [0.717, 1.165) is 11.1 Å². The Morgan fingerprint density at radius 3 is 2.48 bits per heavy atom. The van der Waals surface area contributed by atoms with Crippen molar-refractivity contribution < 1.29 is 4.52 Å². The monoisotopic (exact) mass is 435 g/mol. The van der Waals surface area contributed by atoms with Gasteiger partial charge in [0.2, 0.25) is 11.7 Å². The molecule has 0 saturated carbocycles. The van der Waals surface area contributed by atoms with Crippen LogP contribution in [-0.2, 0) is 11.2 Å². The second-order valence-electron chi connectivity index (χ2n) is 8.40. The number of hydrogen-bond donors (Lipinski definition) is 1. The number of nitrogens with one attached hydrogen (secondary N) is 1. The van der Waals surface area contributed by atoms with E-state index < -0.39 is 0 Å². The number of thioether (sulfide) groups is 1. The van der Waals surface area contributed by atoms with Gasteiger partial charge in [-0.05, 0) is 23.5 Å². The minimum atomic E-state index is -0.246. The number of nitrogens with zero attached hydrogens (tertiary/aromatic N) is 4. The van der Waals surface area contributed by atoms with E-state index in [4.69, 9.17) is 4.52 Å². The smallest absolute Gasteiger partial charge is 0.338 e. The van der Waals surface area contributed by atoms with E-state index in [0.29, 0.717) is 22.6 Å². The third kappa shape index (κ3) is 4.64. The van der Waals surface area contributed by atoms with Crippen LogP contribution in [0.25, 0.3) is 11.4 Å². The quantitative estimate of drug-likeness (QED) is 0.437. The van der Waals surface area contributed by atoms with Crippen molar-refractivity contribution >= 4 is 11.8 Å². The Bertz CT molecular complexity index is 1200. The maximum atomic E-state index is 12.3. The molecule has 31 heavy (non-hydrogen) atoms. The molecular weight excluding hydrogens is 410 g/mol. The van der Waals surface area contributed by atoms with Crippen LogP contribution in [0.5, 0.6) is 0 Å². The number of rotatable bonds is 6. The molecule has 0 bridgehead atoms. The van der Waals surface area contributed by atoms with E-state index in [2.05, 4.69) is 53.2 Å². The molecule has 1 atom stereocenters. The van der Waals surface area contributed by atoms with Gasteiger partial charge in [0, 0.05) is 5.56 Å². The molecule has 4 aromatic rings. The molecule has 0 aliphatic heterocycles. The van der Waals surface area contributed by atoms with Crippen LogP contribution in [-0.4, -0.2) is 24.9 Å². The molecule has 160 valence electrons. The van der Waals surface area contributed by atoms with Gasteiger partial charge in [-0.25, -0.2) is 9.89 Å². The van der Waals surface area contributed by atoms with Gasteiger partial charge in [-0.1, -0.05) is 92.3 Å². The molecule has 2 heterocycles. The summed E-state index contributed by atoms with van der Waals surface area (Å²) in [4.78, 5) is 16.8. The number of benzene rings is 2. The second kappa shape index (κ2) is 8.55. The molecule has 2 aromatic heterocycles. The second-order valence-corrected chi connectivity index (χ2v) is 9.34. The van der Waals surface area contributed by atoms with E-state index in [9.17, 15) is 4.79 Å². The molecule has 1 N–H and O–H groups in total. The van der Waals surface area contributed by atoms with Crippen molar-refractivity contribution in [3.8, 4) is 11.4 Å². The first-order valence-corrected chi connectivity index (χ1v) is 11.1. The highest BCUT2D eigenvalue weighted by atomic mass is 32.2. The van der Waals surface area contributed by atoms with Crippen molar-refractivity contribution in [1.82, 2.24) is 24.9 Å². The highest BCUT2D eigenvalue weighted by Gasteiger charge is 2.19. The standard InChI is InChI=1S/C23H25N5O2S/c1-15(16-8-6-5-7-9-16)28-21(29)25-26-22(28)31-14-19-24-20(27-30-19)17-10-12-18(13-11-17)23(2,3)4/h5-13,15H,14H2,1-4H3,(H,25,29)/t15-/m1/s1. The SMILES string of the molecule is C[C@H](c1ccccc1)n1c(SCc2nc(-c3ccc(C(C)(C)C)cc3)no2)n[nH]c1=O. The van der Waals surface area contributed by atoms with Crippen LogP contribution in [0.3, 0.4) is 0 Å². The summed E-state index contributed by atoms with van der Waals surface area (Å²) in [7, 11) is 0. The fraction of sp³-hybridized carbons (Fsp3) is 0.304. The predicted octanol–water partition coefficient (Wildman–Crippen LogP) is 4.82. The average molecular weight is 436 g/mol. The number of aromatic amines is 1. The summed E-state index contributed by atoms with van der Waals surface area (Å²) in [5.41, 5.74) is 3.03. The summed E-state index contributed by atoms with van der Waals surface area (Å²) >= 11 is 1.38. The molecule has 0 spiro atoms. The van der Waals surface area contributed by atoms with Crippen molar-refractivity contribution in [1.29, 1.82) is 0 Å². The lowest BCUT2D eigenvalue weighted by atomic mass is 9.87. The average Bonchev–Trinajstić information content (AvgIpc) is 3.38. The van der Waals surface area contributed by atoms with Gasteiger partial charge in [0.25, 0.3) is 0 Å². The van der Waals surface area contributed by atoms with Gasteiger partial charge in [-0.15, -0.1) is 5.10 Å². The maximum Gasteiger partial charge on any atom is 0.344 e. The molecule has 0 radical (unpaired) electrons. The minimum Gasteiger partial charge on any atom is -0.338 e. The Morgan fingerprint density at radius 1 is 1.10 bits per heavy atom. The molecule has 0 aliphatic rings. The van der Waals surface area contributed by atoms with E-state index in [1.54, 1.807) is 4.57 Å². The van der Waals surface area contributed by atoms with Gasteiger partial charge in [-0.2, -0.15) is 4.98 Å². The Kier molecular flexibility index (Phi) is 5.82. The van der Waals surface area contributed by atoms with Gasteiger partial charge in [-0.3, -0.25) is 4.57 Å². The summed E-state index contributed by atoms with van der Waals surface area (Å²) in [5.74, 6) is 1.45. The molecule has 0 aliphatic carbocycles. The first-order valence-electron chi connectivity index (χ1n) is 10.1. The zero-order valence-corrected chi connectivity index (χ0v) is 18.8. The minimum absolute atomic E-state index is 0.0911. The van der Waals surface area contributed by atoms with Crippen LogP contribution in [0.4, 0.5) is 0 Å². The predicted molar refractivity (Wildman–Crippen MR) is 121 cm³/mol. The molecule has 8 heteroatoms. The van der Waals surface area contributed by atoms with Gasteiger partial charge in [0.15, 0.2) is 5.16 Å². The van der Waals surface area contributed by atoms with Gasteiger partial charge in [0.1, 0.15) is 0 Å². The Labute approximate surface area is 184 Å². The Hall–Kier alpha value is -3.13. The summed E-state index contributed by atoms with van der Waals surface area (Å²) in [6, 6.07) is 17.9. The van der Waals surface area contributed by atoms with Crippen LogP contribution in [0, 0.1) is 0 Å². The number of aromatic nitrogens is 5. The van der Waals surface area contributed by atoms with Crippen molar-refractivity contribution in [3.63, 3.8) is 0 Å². The molecule has 0 amide bonds. The highest BCUT2D eigenvalue weighted by Crippen LogP contribution is 2.27. The lowest BCUT2D eigenvalue weighted by molar-refractivity contribution is 0.391. The molecule has 0 fully saturated rings. The lowest BCUT2D eigenvalue weighted by Crippen LogP contribution is -2.22. The zero-order chi connectivity index (χ0) is 22.0. The topological polar surface area (TPSA) is 89.6 Å². The Morgan fingerprint density at radius 2 is 1.81 bits per heavy atom. The normalized spacial score (nSPS) is 12.8. The van der Waals surface area contributed by atoms with Crippen molar-refractivity contribution in [2.75, 3.05) is 0 Å². The van der Waals surface area contributed by atoms with Gasteiger partial charge >= 0.3 is 5.69 Å². The van der Waals surface area contributed by atoms with Gasteiger partial charge in [0.05, 0.1) is 11.8 Å². The molecule has 2 aromatic carbocycles. The summed E-state index contributed by atoms with van der Waals surface area (Å²) in [6.07, 6.45) is 0. The first kappa shape index (κ1) is 21.1. The van der Waals surface area contributed by atoms with E-state index in [1.165, 1.54) is 17.3 Å². The van der Waals surface area contributed by atoms with E-state index in [1.807, 2.05) is 49.4 Å². The van der Waals surface area contributed by atoms with Gasteiger partial charge < -0.3 is 4.52 Å². The molecular formula is C23H25N5O2S. The van der Waals surface area contributed by atoms with E-state index in [-0.39, 0.29) is 17.1 Å². The summed E-state index contributed by atoms with van der Waals surface area (Å²) in [5, 5.41) is 11.4. The van der Waals surface area contributed by atoms with Crippen LogP contribution in [0.2, 0.25) is 0 Å². The Balaban J connectivity index is 1.48. The number of H-pyrrole nitrogens is 1. The van der Waals surface area contributed by atoms with Crippen molar-refractivity contribution in [2.24, 2.45) is 0 Å². The van der Waals surface area contributed by atoms with Crippen LogP contribution in [0.1, 0.15) is 50.8 Å². The van der Waals surface area contributed by atoms with Crippen LogP contribution < -0.4 is 5.69 Å². The molecule has 7 nitrogen and oxygen atoms in total. The summed E-state index contributed by atoms with van der Waals surface area (Å²) in [6.45, 7) is 8.51. The lowest BCUT2D eigenvalue weighted by Gasteiger charge is -2.18.